The summed E-state index contributed by atoms with van der Waals surface area (Å²) in [5.41, 5.74) is 2.62. The molecular formula is C13H18F3N3O2. The minimum Gasteiger partial charge on any atom is -0.341 e. The largest absolute Gasteiger partial charge is 0.431 e. The van der Waals surface area contributed by atoms with Gasteiger partial charge in [-0.05, 0) is 24.1 Å². The van der Waals surface area contributed by atoms with Crippen molar-refractivity contribution in [1.82, 2.24) is 9.88 Å². The van der Waals surface area contributed by atoms with E-state index in [1.54, 1.807) is 4.98 Å². The van der Waals surface area contributed by atoms with Gasteiger partial charge in [-0.15, -0.1) is 0 Å². The summed E-state index contributed by atoms with van der Waals surface area (Å²) in [6.07, 6.45) is -4.66. The maximum atomic E-state index is 12.4. The van der Waals surface area contributed by atoms with Gasteiger partial charge in [-0.1, -0.05) is 13.8 Å². The fourth-order valence-electron chi connectivity index (χ4n) is 1.79. The highest BCUT2D eigenvalue weighted by Gasteiger charge is 2.32. The normalized spacial score (nSPS) is 12.3. The van der Waals surface area contributed by atoms with Gasteiger partial charge in [-0.3, -0.25) is 9.59 Å². The molecule has 0 saturated heterocycles. The van der Waals surface area contributed by atoms with Gasteiger partial charge in [0.1, 0.15) is 11.3 Å². The summed E-state index contributed by atoms with van der Waals surface area (Å²) in [4.78, 5) is 26.7. The highest BCUT2D eigenvalue weighted by Crippen LogP contribution is 2.26. The first-order valence-electron chi connectivity index (χ1n) is 6.24. The lowest BCUT2D eigenvalue weighted by Crippen LogP contribution is -2.41. The van der Waals surface area contributed by atoms with Crippen LogP contribution in [0.25, 0.3) is 0 Å². The van der Waals surface area contributed by atoms with Gasteiger partial charge in [-0.2, -0.15) is 13.2 Å². The fourth-order valence-corrected chi connectivity index (χ4v) is 1.79. The molecule has 0 bridgehead atoms. The van der Waals surface area contributed by atoms with Crippen molar-refractivity contribution in [2.75, 3.05) is 20.1 Å². The molecule has 118 valence electrons. The van der Waals surface area contributed by atoms with Crippen molar-refractivity contribution in [2.24, 2.45) is 11.1 Å². The first-order chi connectivity index (χ1) is 9.48. The number of hydrogen-bond donors (Lipinski definition) is 2. The zero-order chi connectivity index (χ0) is 16.4. The molecule has 1 heterocycles. The highest BCUT2D eigenvalue weighted by atomic mass is 19.4. The van der Waals surface area contributed by atoms with Crippen molar-refractivity contribution in [3.05, 3.63) is 33.7 Å². The lowest BCUT2D eigenvalue weighted by atomic mass is 9.93. The third-order valence-corrected chi connectivity index (χ3v) is 3.01. The zero-order valence-corrected chi connectivity index (χ0v) is 12.0. The number of nitrogens with two attached hydrogens (primary N) is 1. The van der Waals surface area contributed by atoms with Crippen molar-refractivity contribution < 1.29 is 18.0 Å². The molecule has 8 heteroatoms. The number of amides is 1. The number of H-pyrrole nitrogens is 1. The van der Waals surface area contributed by atoms with Gasteiger partial charge in [0.2, 0.25) is 0 Å². The maximum Gasteiger partial charge on any atom is 0.431 e. The maximum absolute atomic E-state index is 12.4. The summed E-state index contributed by atoms with van der Waals surface area (Å²) in [7, 11) is 1.47. The van der Waals surface area contributed by atoms with Crippen LogP contribution in [-0.4, -0.2) is 35.9 Å². The number of hydrogen-bond acceptors (Lipinski definition) is 3. The summed E-state index contributed by atoms with van der Waals surface area (Å²) in [6.45, 7) is 4.29. The second-order valence-corrected chi connectivity index (χ2v) is 5.64. The van der Waals surface area contributed by atoms with Gasteiger partial charge < -0.3 is 15.6 Å². The summed E-state index contributed by atoms with van der Waals surface area (Å²) < 4.78 is 37.3. The Morgan fingerprint density at radius 2 is 1.90 bits per heavy atom. The van der Waals surface area contributed by atoms with Crippen LogP contribution in [0, 0.1) is 5.41 Å². The Hall–Kier alpha value is -1.83. The van der Waals surface area contributed by atoms with E-state index in [0.29, 0.717) is 12.6 Å². The van der Waals surface area contributed by atoms with Crippen LogP contribution in [0.3, 0.4) is 0 Å². The molecule has 1 amide bonds. The van der Waals surface area contributed by atoms with E-state index < -0.39 is 23.3 Å². The lowest BCUT2D eigenvalue weighted by Gasteiger charge is -2.28. The number of aromatic nitrogens is 1. The predicted molar refractivity (Wildman–Crippen MR) is 71.9 cm³/mol. The highest BCUT2D eigenvalue weighted by molar-refractivity contribution is 5.93. The number of rotatable bonds is 4. The molecule has 0 aliphatic carbocycles. The number of nitrogens with one attached hydrogen (secondary N) is 1. The molecular weight excluding hydrogens is 287 g/mol. The smallest absolute Gasteiger partial charge is 0.341 e. The summed E-state index contributed by atoms with van der Waals surface area (Å²) in [5, 5.41) is 0. The minimum atomic E-state index is -4.66. The molecule has 0 unspecified atom stereocenters. The van der Waals surface area contributed by atoms with Gasteiger partial charge in [0.15, 0.2) is 0 Å². The Morgan fingerprint density at radius 3 is 2.33 bits per heavy atom. The Morgan fingerprint density at radius 1 is 1.33 bits per heavy atom. The standard InChI is InChI=1S/C13H18F3N3O2/c1-12(2,6-17)7-19(3)11(21)8-4-5-9(13(14,15)16)18-10(8)20/h4-5H,6-7,17H2,1-3H3,(H,18,20). The van der Waals surface area contributed by atoms with Gasteiger partial charge in [-0.25, -0.2) is 0 Å². The SMILES string of the molecule is CN(CC(C)(C)CN)C(=O)c1ccc(C(F)(F)F)[nH]c1=O. The van der Waals surface area contributed by atoms with Crippen LogP contribution < -0.4 is 11.3 Å². The molecule has 1 rings (SSSR count). The van der Waals surface area contributed by atoms with Crippen LogP contribution in [0.4, 0.5) is 13.2 Å². The third kappa shape index (κ3) is 4.32. The second kappa shape index (κ2) is 5.88. The lowest BCUT2D eigenvalue weighted by molar-refractivity contribution is -0.141. The number of nitrogens with zero attached hydrogens (tertiary/aromatic N) is 1. The monoisotopic (exact) mass is 305 g/mol. The summed E-state index contributed by atoms with van der Waals surface area (Å²) >= 11 is 0. The summed E-state index contributed by atoms with van der Waals surface area (Å²) in [6, 6.07) is 1.56. The van der Waals surface area contributed by atoms with Crippen LogP contribution in [0.1, 0.15) is 29.9 Å². The minimum absolute atomic E-state index is 0.281. The molecule has 0 saturated carbocycles. The van der Waals surface area contributed by atoms with E-state index in [9.17, 15) is 22.8 Å². The number of aromatic amines is 1. The number of carbonyl (C=O) groups excluding carboxylic acids is 1. The van der Waals surface area contributed by atoms with E-state index in [1.165, 1.54) is 11.9 Å². The summed E-state index contributed by atoms with van der Waals surface area (Å²) in [5.74, 6) is -0.647. The quantitative estimate of drug-likeness (QED) is 0.883. The van der Waals surface area contributed by atoms with Crippen molar-refractivity contribution in [3.8, 4) is 0 Å². The van der Waals surface area contributed by atoms with E-state index in [0.717, 1.165) is 6.07 Å². The molecule has 0 atom stereocenters. The van der Waals surface area contributed by atoms with E-state index in [4.69, 9.17) is 5.73 Å². The Balaban J connectivity index is 3.02. The average Bonchev–Trinajstić information content (AvgIpc) is 2.36. The molecule has 21 heavy (non-hydrogen) atoms. The van der Waals surface area contributed by atoms with Crippen LogP contribution >= 0.6 is 0 Å². The van der Waals surface area contributed by atoms with Crippen LogP contribution in [0.5, 0.6) is 0 Å². The van der Waals surface area contributed by atoms with E-state index in [2.05, 4.69) is 0 Å². The Bertz CT molecular complexity index is 579. The van der Waals surface area contributed by atoms with Crippen molar-refractivity contribution in [3.63, 3.8) is 0 Å². The zero-order valence-electron chi connectivity index (χ0n) is 12.0. The molecule has 5 nitrogen and oxygen atoms in total. The number of alkyl halides is 3. The molecule has 0 aliphatic rings. The second-order valence-electron chi connectivity index (χ2n) is 5.64. The average molecular weight is 305 g/mol. The molecule has 0 spiro atoms. The molecule has 1 aromatic rings. The molecule has 0 aliphatic heterocycles. The van der Waals surface area contributed by atoms with Crippen molar-refractivity contribution in [1.29, 1.82) is 0 Å². The van der Waals surface area contributed by atoms with Gasteiger partial charge >= 0.3 is 6.18 Å². The van der Waals surface area contributed by atoms with Crippen molar-refractivity contribution >= 4 is 5.91 Å². The first kappa shape index (κ1) is 17.2. The number of halogens is 3. The molecule has 0 radical (unpaired) electrons. The number of carbonyl (C=O) groups is 1. The van der Waals surface area contributed by atoms with Gasteiger partial charge in [0.25, 0.3) is 11.5 Å². The Kier molecular flexibility index (Phi) is 4.83. The van der Waals surface area contributed by atoms with Gasteiger partial charge in [0.05, 0.1) is 0 Å². The molecule has 0 aromatic carbocycles. The van der Waals surface area contributed by atoms with Crippen molar-refractivity contribution in [2.45, 2.75) is 20.0 Å². The first-order valence-corrected chi connectivity index (χ1v) is 6.24. The topological polar surface area (TPSA) is 79.2 Å². The van der Waals surface area contributed by atoms with Crippen LogP contribution in [-0.2, 0) is 6.18 Å². The van der Waals surface area contributed by atoms with E-state index in [1.807, 2.05) is 13.8 Å². The predicted octanol–water partition coefficient (Wildman–Crippen LogP) is 1.45. The fraction of sp³-hybridized carbons (Fsp3) is 0.538. The van der Waals surface area contributed by atoms with E-state index in [-0.39, 0.29) is 17.5 Å². The van der Waals surface area contributed by atoms with Crippen LogP contribution in [0.15, 0.2) is 16.9 Å². The van der Waals surface area contributed by atoms with E-state index >= 15 is 0 Å². The molecule has 1 aromatic heterocycles. The van der Waals surface area contributed by atoms with Crippen LogP contribution in [0.2, 0.25) is 0 Å². The Labute approximate surface area is 119 Å². The third-order valence-electron chi connectivity index (χ3n) is 3.01. The molecule has 0 fully saturated rings. The van der Waals surface area contributed by atoms with Gasteiger partial charge in [0, 0.05) is 13.6 Å². The molecule has 3 N–H and O–H groups in total. The number of pyridine rings is 1.